The second kappa shape index (κ2) is 7.34. The summed E-state index contributed by atoms with van der Waals surface area (Å²) in [6.07, 6.45) is 5.48. The van der Waals surface area contributed by atoms with Gasteiger partial charge in [0.15, 0.2) is 0 Å². The monoisotopic (exact) mass is 324 g/mol. The van der Waals surface area contributed by atoms with E-state index in [1.165, 1.54) is 12.8 Å². The first-order chi connectivity index (χ1) is 10.1. The zero-order chi connectivity index (χ0) is 14.8. The maximum atomic E-state index is 12.3. The highest BCUT2D eigenvalue weighted by molar-refractivity contribution is 5.91. The van der Waals surface area contributed by atoms with Crippen LogP contribution in [-0.2, 0) is 4.79 Å². The highest BCUT2D eigenvalue weighted by Gasteiger charge is 2.34. The Morgan fingerprint density at radius 1 is 1.32 bits per heavy atom. The predicted octanol–water partition coefficient (Wildman–Crippen LogP) is 3.28. The number of hydrogen-bond acceptors (Lipinski definition) is 3. The van der Waals surface area contributed by atoms with Crippen molar-refractivity contribution in [2.75, 3.05) is 12.4 Å². The van der Waals surface area contributed by atoms with E-state index in [2.05, 4.69) is 10.6 Å². The van der Waals surface area contributed by atoms with Crippen molar-refractivity contribution in [3.63, 3.8) is 0 Å². The van der Waals surface area contributed by atoms with E-state index < -0.39 is 0 Å². The van der Waals surface area contributed by atoms with Crippen LogP contribution < -0.4 is 15.4 Å². The molecule has 2 bridgehead atoms. The highest BCUT2D eigenvalue weighted by atomic mass is 35.5. The third-order valence-corrected chi connectivity index (χ3v) is 4.75. The molecule has 1 aromatic rings. The van der Waals surface area contributed by atoms with Crippen molar-refractivity contribution in [1.29, 1.82) is 0 Å². The molecule has 0 aliphatic carbocycles. The summed E-state index contributed by atoms with van der Waals surface area (Å²) in [6.45, 7) is 1.99. The molecule has 2 N–H and O–H groups in total. The van der Waals surface area contributed by atoms with Crippen molar-refractivity contribution < 1.29 is 9.53 Å². The number of nitrogens with one attached hydrogen (secondary N) is 2. The number of piperidine rings is 1. The number of aryl methyl sites for hydroxylation is 1. The van der Waals surface area contributed by atoms with Gasteiger partial charge in [-0.1, -0.05) is 0 Å². The van der Waals surface area contributed by atoms with Crippen molar-refractivity contribution in [2.24, 2.45) is 5.92 Å². The topological polar surface area (TPSA) is 50.4 Å². The van der Waals surface area contributed by atoms with Crippen molar-refractivity contribution in [2.45, 2.75) is 51.1 Å². The minimum Gasteiger partial charge on any atom is -0.497 e. The van der Waals surface area contributed by atoms with E-state index in [4.69, 9.17) is 4.74 Å². The van der Waals surface area contributed by atoms with Gasteiger partial charge in [0, 0.05) is 24.2 Å². The zero-order valence-electron chi connectivity index (χ0n) is 13.2. The van der Waals surface area contributed by atoms with Crippen LogP contribution in [0.3, 0.4) is 0 Å². The number of anilines is 1. The minimum atomic E-state index is 0. The molecule has 2 atom stereocenters. The number of ether oxygens (including phenoxy) is 1. The first-order valence-corrected chi connectivity index (χ1v) is 7.84. The fourth-order valence-corrected chi connectivity index (χ4v) is 3.71. The summed E-state index contributed by atoms with van der Waals surface area (Å²) in [4.78, 5) is 12.3. The molecule has 1 aromatic carbocycles. The molecule has 3 rings (SSSR count). The van der Waals surface area contributed by atoms with Crippen LogP contribution in [0.5, 0.6) is 5.75 Å². The van der Waals surface area contributed by atoms with Crippen molar-refractivity contribution in [3.8, 4) is 5.75 Å². The summed E-state index contributed by atoms with van der Waals surface area (Å²) < 4.78 is 5.19. The van der Waals surface area contributed by atoms with E-state index in [0.29, 0.717) is 24.4 Å². The Kier molecular flexibility index (Phi) is 5.70. The molecule has 0 spiro atoms. The van der Waals surface area contributed by atoms with Gasteiger partial charge in [0.25, 0.3) is 0 Å². The molecular weight excluding hydrogens is 300 g/mol. The number of halogens is 1. The number of carbonyl (C=O) groups excluding carboxylic acids is 1. The van der Waals surface area contributed by atoms with Crippen molar-refractivity contribution in [3.05, 3.63) is 23.8 Å². The largest absolute Gasteiger partial charge is 0.497 e. The molecule has 5 heteroatoms. The lowest BCUT2D eigenvalue weighted by Gasteiger charge is -2.28. The molecule has 0 radical (unpaired) electrons. The number of methoxy groups -OCH3 is 1. The minimum absolute atomic E-state index is 0. The number of benzene rings is 1. The molecule has 0 saturated carbocycles. The van der Waals surface area contributed by atoms with E-state index >= 15 is 0 Å². The molecule has 2 fully saturated rings. The molecule has 1 amide bonds. The summed E-state index contributed by atoms with van der Waals surface area (Å²) >= 11 is 0. The summed E-state index contributed by atoms with van der Waals surface area (Å²) in [6, 6.07) is 7.03. The summed E-state index contributed by atoms with van der Waals surface area (Å²) in [5.74, 6) is 1.48. The van der Waals surface area contributed by atoms with E-state index in [9.17, 15) is 4.79 Å². The van der Waals surface area contributed by atoms with Crippen molar-refractivity contribution >= 4 is 24.0 Å². The lowest BCUT2D eigenvalue weighted by molar-refractivity contribution is -0.117. The second-order valence-electron chi connectivity index (χ2n) is 6.41. The Hall–Kier alpha value is -1.26. The molecule has 2 heterocycles. The molecule has 22 heavy (non-hydrogen) atoms. The molecule has 122 valence electrons. The number of fused-ring (bicyclic) bond motifs is 2. The van der Waals surface area contributed by atoms with Crippen LogP contribution in [0.25, 0.3) is 0 Å². The third kappa shape index (κ3) is 3.93. The van der Waals surface area contributed by atoms with Crippen LogP contribution in [0.15, 0.2) is 18.2 Å². The molecule has 2 unspecified atom stereocenters. The van der Waals surface area contributed by atoms with Gasteiger partial charge < -0.3 is 15.4 Å². The van der Waals surface area contributed by atoms with Crippen LogP contribution in [0.2, 0.25) is 0 Å². The Morgan fingerprint density at radius 3 is 2.59 bits per heavy atom. The van der Waals surface area contributed by atoms with Gasteiger partial charge in [0.1, 0.15) is 5.75 Å². The SMILES string of the molecule is COc1ccc(NC(=O)CC2CC3CCC(C2)N3)c(C)c1.Cl. The average Bonchev–Trinajstić information content (AvgIpc) is 2.80. The molecule has 2 aliphatic rings. The lowest BCUT2D eigenvalue weighted by Crippen LogP contribution is -2.39. The summed E-state index contributed by atoms with van der Waals surface area (Å²) in [5, 5.41) is 6.66. The Labute approximate surface area is 138 Å². The van der Waals surface area contributed by atoms with E-state index in [-0.39, 0.29) is 18.3 Å². The molecule has 4 nitrogen and oxygen atoms in total. The number of carbonyl (C=O) groups is 1. The van der Waals surface area contributed by atoms with Gasteiger partial charge in [0.05, 0.1) is 7.11 Å². The van der Waals surface area contributed by atoms with Crippen LogP contribution in [0.4, 0.5) is 5.69 Å². The number of amides is 1. The first kappa shape index (κ1) is 17.1. The van der Waals surface area contributed by atoms with Gasteiger partial charge in [-0.15, -0.1) is 12.4 Å². The van der Waals surface area contributed by atoms with Gasteiger partial charge in [-0.3, -0.25) is 4.79 Å². The Morgan fingerprint density at radius 2 is 2.00 bits per heavy atom. The maximum absolute atomic E-state index is 12.3. The normalized spacial score (nSPS) is 26.2. The fraction of sp³-hybridized carbons (Fsp3) is 0.588. The maximum Gasteiger partial charge on any atom is 0.224 e. The van der Waals surface area contributed by atoms with E-state index in [1.807, 2.05) is 25.1 Å². The van der Waals surface area contributed by atoms with Gasteiger partial charge in [-0.2, -0.15) is 0 Å². The van der Waals surface area contributed by atoms with Crippen LogP contribution in [-0.4, -0.2) is 25.1 Å². The van der Waals surface area contributed by atoms with Crippen LogP contribution >= 0.6 is 12.4 Å². The van der Waals surface area contributed by atoms with E-state index in [0.717, 1.165) is 29.8 Å². The van der Waals surface area contributed by atoms with Crippen molar-refractivity contribution in [1.82, 2.24) is 5.32 Å². The smallest absolute Gasteiger partial charge is 0.224 e. The van der Waals surface area contributed by atoms with Gasteiger partial charge in [-0.05, 0) is 62.3 Å². The fourth-order valence-electron chi connectivity index (χ4n) is 3.71. The standard InChI is InChI=1S/C17H24N2O2.ClH/c1-11-7-15(21-2)5-6-16(11)19-17(20)10-12-8-13-3-4-14(9-12)18-13;/h5-7,12-14,18H,3-4,8-10H2,1-2H3,(H,19,20);1H. The molecular formula is C17H25ClN2O2. The quantitative estimate of drug-likeness (QED) is 0.893. The number of rotatable bonds is 4. The zero-order valence-corrected chi connectivity index (χ0v) is 14.0. The Balaban J connectivity index is 0.00000176. The van der Waals surface area contributed by atoms with E-state index in [1.54, 1.807) is 7.11 Å². The van der Waals surface area contributed by atoms with Crippen LogP contribution in [0, 0.1) is 12.8 Å². The highest BCUT2D eigenvalue weighted by Crippen LogP contribution is 2.33. The third-order valence-electron chi connectivity index (χ3n) is 4.75. The number of hydrogen-bond donors (Lipinski definition) is 2. The van der Waals surface area contributed by atoms with Gasteiger partial charge in [-0.25, -0.2) is 0 Å². The van der Waals surface area contributed by atoms with Crippen LogP contribution in [0.1, 0.15) is 37.7 Å². The Bertz CT molecular complexity index is 523. The first-order valence-electron chi connectivity index (χ1n) is 7.84. The summed E-state index contributed by atoms with van der Waals surface area (Å²) in [7, 11) is 1.65. The van der Waals surface area contributed by atoms with Gasteiger partial charge >= 0.3 is 0 Å². The average molecular weight is 325 g/mol. The predicted molar refractivity (Wildman–Crippen MR) is 90.9 cm³/mol. The summed E-state index contributed by atoms with van der Waals surface area (Å²) in [5.41, 5.74) is 1.92. The lowest BCUT2D eigenvalue weighted by atomic mass is 9.89. The molecule has 2 saturated heterocycles. The second-order valence-corrected chi connectivity index (χ2v) is 6.41. The molecule has 2 aliphatic heterocycles. The molecule has 0 aromatic heterocycles. The van der Waals surface area contributed by atoms with Gasteiger partial charge in [0.2, 0.25) is 5.91 Å².